The van der Waals surface area contributed by atoms with Crippen LogP contribution < -0.4 is 9.47 Å². The highest BCUT2D eigenvalue weighted by atomic mass is 35.5. The molecule has 38 heavy (non-hydrogen) atoms. The van der Waals surface area contributed by atoms with Gasteiger partial charge in [-0.3, -0.25) is 0 Å². The van der Waals surface area contributed by atoms with Crippen LogP contribution in [0.1, 0.15) is 23.6 Å². The summed E-state index contributed by atoms with van der Waals surface area (Å²) in [5.41, 5.74) is 4.91. The lowest BCUT2D eigenvalue weighted by molar-refractivity contribution is -0.129. The highest BCUT2D eigenvalue weighted by Crippen LogP contribution is 2.38. The van der Waals surface area contributed by atoms with Crippen LogP contribution in [-0.2, 0) is 16.0 Å². The zero-order valence-electron chi connectivity index (χ0n) is 20.9. The van der Waals surface area contributed by atoms with Gasteiger partial charge in [0.25, 0.3) is 0 Å². The topological polar surface area (TPSA) is 57.1 Å². The molecule has 1 aliphatic heterocycles. The van der Waals surface area contributed by atoms with E-state index in [0.29, 0.717) is 35.3 Å². The van der Waals surface area contributed by atoms with Gasteiger partial charge < -0.3 is 14.2 Å². The number of rotatable bonds is 9. The minimum atomic E-state index is -0.524. The van der Waals surface area contributed by atoms with Crippen LogP contribution in [-0.4, -0.2) is 25.1 Å². The Morgan fingerprint density at radius 3 is 2.21 bits per heavy atom. The van der Waals surface area contributed by atoms with Crippen LogP contribution in [0.2, 0.25) is 5.02 Å². The molecule has 5 rings (SSSR count). The van der Waals surface area contributed by atoms with Crippen LogP contribution in [0.15, 0.2) is 108 Å². The third-order valence-corrected chi connectivity index (χ3v) is 6.26. The fourth-order valence-corrected chi connectivity index (χ4v) is 4.39. The molecule has 6 heteroatoms. The number of carbonyl (C=O) groups is 1. The predicted octanol–water partition coefficient (Wildman–Crippen LogP) is 7.37. The van der Waals surface area contributed by atoms with E-state index in [1.165, 1.54) is 5.56 Å². The van der Waals surface area contributed by atoms with Gasteiger partial charge in [-0.15, -0.1) is 0 Å². The standard InChI is InChI=1S/C32H26ClNO4/c1-2-36-29-21-23(19-27(33)30(29)37-18-17-22-9-5-3-6-10-22)20-28-32(35)38-31(34-28)26-15-13-25(14-16-26)24-11-7-4-8-12-24/h3-16,19-21H,2,17-18H2,1H3/b28-20-. The van der Waals surface area contributed by atoms with E-state index >= 15 is 0 Å². The highest BCUT2D eigenvalue weighted by molar-refractivity contribution is 6.32. The van der Waals surface area contributed by atoms with Crippen LogP contribution in [0.4, 0.5) is 0 Å². The Bertz CT molecular complexity index is 1480. The third kappa shape index (κ3) is 5.96. The molecule has 4 aromatic rings. The van der Waals surface area contributed by atoms with Gasteiger partial charge in [0.05, 0.1) is 18.2 Å². The van der Waals surface area contributed by atoms with Crippen LogP contribution in [0.5, 0.6) is 11.5 Å². The quantitative estimate of drug-likeness (QED) is 0.170. The lowest BCUT2D eigenvalue weighted by atomic mass is 10.0. The first-order valence-electron chi connectivity index (χ1n) is 12.4. The first kappa shape index (κ1) is 25.3. The molecule has 0 amide bonds. The molecule has 5 nitrogen and oxygen atoms in total. The number of hydrogen-bond donors (Lipinski definition) is 0. The minimum Gasteiger partial charge on any atom is -0.490 e. The van der Waals surface area contributed by atoms with Gasteiger partial charge in [-0.05, 0) is 59.5 Å². The molecule has 4 aromatic carbocycles. The number of halogens is 1. The van der Waals surface area contributed by atoms with E-state index in [1.807, 2.05) is 79.7 Å². The van der Waals surface area contributed by atoms with Crippen LogP contribution >= 0.6 is 11.6 Å². The first-order chi connectivity index (χ1) is 18.6. The van der Waals surface area contributed by atoms with Gasteiger partial charge in [0.15, 0.2) is 17.2 Å². The summed E-state index contributed by atoms with van der Waals surface area (Å²) in [5.74, 6) is 0.720. The van der Waals surface area contributed by atoms with Crippen LogP contribution in [0, 0.1) is 0 Å². The molecule has 0 fully saturated rings. The van der Waals surface area contributed by atoms with Gasteiger partial charge >= 0.3 is 5.97 Å². The number of cyclic esters (lactones) is 1. The lowest BCUT2D eigenvalue weighted by Crippen LogP contribution is -2.05. The van der Waals surface area contributed by atoms with Crippen molar-refractivity contribution in [2.75, 3.05) is 13.2 Å². The molecule has 0 saturated carbocycles. The van der Waals surface area contributed by atoms with Crippen LogP contribution in [0.3, 0.4) is 0 Å². The van der Waals surface area contributed by atoms with Gasteiger partial charge in [-0.2, -0.15) is 0 Å². The molecule has 0 atom stereocenters. The largest absolute Gasteiger partial charge is 0.490 e. The lowest BCUT2D eigenvalue weighted by Gasteiger charge is -2.14. The van der Waals surface area contributed by atoms with Gasteiger partial charge in [0.1, 0.15) is 0 Å². The van der Waals surface area contributed by atoms with Crippen molar-refractivity contribution in [3.63, 3.8) is 0 Å². The second-order valence-electron chi connectivity index (χ2n) is 8.63. The maximum absolute atomic E-state index is 12.6. The van der Waals surface area contributed by atoms with E-state index in [9.17, 15) is 4.79 Å². The van der Waals surface area contributed by atoms with Gasteiger partial charge in [-0.1, -0.05) is 84.4 Å². The van der Waals surface area contributed by atoms with Crippen molar-refractivity contribution in [2.45, 2.75) is 13.3 Å². The Labute approximate surface area is 227 Å². The smallest absolute Gasteiger partial charge is 0.363 e. The van der Waals surface area contributed by atoms with Crippen molar-refractivity contribution in [1.82, 2.24) is 0 Å². The summed E-state index contributed by atoms with van der Waals surface area (Å²) in [4.78, 5) is 17.0. The molecule has 0 aliphatic carbocycles. The Hall–Kier alpha value is -4.35. The molecule has 0 unspecified atom stereocenters. The van der Waals surface area contributed by atoms with Crippen LogP contribution in [0.25, 0.3) is 17.2 Å². The number of benzene rings is 4. The maximum Gasteiger partial charge on any atom is 0.363 e. The summed E-state index contributed by atoms with van der Waals surface area (Å²) in [5, 5.41) is 0.392. The summed E-state index contributed by atoms with van der Waals surface area (Å²) in [6, 6.07) is 31.4. The van der Waals surface area contributed by atoms with Gasteiger partial charge in [-0.25, -0.2) is 9.79 Å². The summed E-state index contributed by atoms with van der Waals surface area (Å²) in [6.45, 7) is 2.78. The van der Waals surface area contributed by atoms with E-state index in [4.69, 9.17) is 25.8 Å². The van der Waals surface area contributed by atoms with Crippen molar-refractivity contribution in [1.29, 1.82) is 0 Å². The summed E-state index contributed by atoms with van der Waals surface area (Å²) in [6.07, 6.45) is 2.38. The molecule has 0 N–H and O–H groups in total. The molecular weight excluding hydrogens is 498 g/mol. The molecule has 0 saturated heterocycles. The fourth-order valence-electron chi connectivity index (χ4n) is 4.12. The van der Waals surface area contributed by atoms with Crippen molar-refractivity contribution in [2.24, 2.45) is 4.99 Å². The average Bonchev–Trinajstić information content (AvgIpc) is 3.31. The predicted molar refractivity (Wildman–Crippen MR) is 151 cm³/mol. The van der Waals surface area contributed by atoms with E-state index in [1.54, 1.807) is 18.2 Å². The Kier molecular flexibility index (Phi) is 7.86. The number of aliphatic imine (C=N–C) groups is 1. The minimum absolute atomic E-state index is 0.184. The van der Waals surface area contributed by atoms with Crippen molar-refractivity contribution >= 4 is 29.5 Å². The van der Waals surface area contributed by atoms with E-state index < -0.39 is 5.97 Å². The molecule has 190 valence electrons. The Morgan fingerprint density at radius 2 is 1.50 bits per heavy atom. The van der Waals surface area contributed by atoms with E-state index in [2.05, 4.69) is 17.1 Å². The summed E-state index contributed by atoms with van der Waals surface area (Å²) >= 11 is 6.58. The zero-order valence-corrected chi connectivity index (χ0v) is 21.7. The molecule has 0 spiro atoms. The first-order valence-corrected chi connectivity index (χ1v) is 12.8. The number of ether oxygens (including phenoxy) is 3. The van der Waals surface area contributed by atoms with E-state index in [0.717, 1.165) is 23.1 Å². The Balaban J connectivity index is 1.34. The number of carbonyl (C=O) groups excluding carboxylic acids is 1. The summed E-state index contributed by atoms with van der Waals surface area (Å²) < 4.78 is 17.2. The summed E-state index contributed by atoms with van der Waals surface area (Å²) in [7, 11) is 0. The third-order valence-electron chi connectivity index (χ3n) is 5.97. The van der Waals surface area contributed by atoms with Crippen molar-refractivity contribution in [3.05, 3.63) is 124 Å². The second kappa shape index (κ2) is 11.8. The molecule has 1 aliphatic rings. The number of esters is 1. The van der Waals surface area contributed by atoms with Crippen molar-refractivity contribution < 1.29 is 19.0 Å². The highest BCUT2D eigenvalue weighted by Gasteiger charge is 2.24. The normalized spacial score (nSPS) is 13.8. The molecule has 1 heterocycles. The van der Waals surface area contributed by atoms with E-state index in [-0.39, 0.29) is 11.6 Å². The average molecular weight is 524 g/mol. The number of hydrogen-bond acceptors (Lipinski definition) is 5. The maximum atomic E-state index is 12.6. The molecule has 0 aromatic heterocycles. The second-order valence-corrected chi connectivity index (χ2v) is 9.03. The van der Waals surface area contributed by atoms with Gasteiger partial charge in [0.2, 0.25) is 5.90 Å². The fraction of sp³-hybridized carbons (Fsp3) is 0.125. The number of nitrogens with zero attached hydrogens (tertiary/aromatic N) is 1. The molecule has 0 radical (unpaired) electrons. The molecule has 0 bridgehead atoms. The zero-order chi connectivity index (χ0) is 26.3. The van der Waals surface area contributed by atoms with Gasteiger partial charge in [0, 0.05) is 12.0 Å². The Morgan fingerprint density at radius 1 is 0.842 bits per heavy atom. The SMILES string of the molecule is CCOc1cc(/C=C2\N=C(c3ccc(-c4ccccc4)cc3)OC2=O)cc(Cl)c1OCCc1ccccc1. The van der Waals surface area contributed by atoms with Crippen molar-refractivity contribution in [3.8, 4) is 22.6 Å². The molecular formula is C32H26ClNO4. The monoisotopic (exact) mass is 523 g/mol.